The number of hydrogen-bond acceptors (Lipinski definition) is 3. The van der Waals surface area contributed by atoms with Gasteiger partial charge in [-0.2, -0.15) is 0 Å². The summed E-state index contributed by atoms with van der Waals surface area (Å²) in [5.74, 6) is -0.0988. The van der Waals surface area contributed by atoms with Gasteiger partial charge in [0.2, 0.25) is 0 Å². The normalized spacial score (nSPS) is 22.5. The highest BCUT2D eigenvalue weighted by Gasteiger charge is 2.23. The zero-order chi connectivity index (χ0) is 11.3. The summed E-state index contributed by atoms with van der Waals surface area (Å²) in [5.41, 5.74) is -0.375. The van der Waals surface area contributed by atoms with E-state index in [1.807, 2.05) is 20.8 Å². The lowest BCUT2D eigenvalue weighted by Gasteiger charge is -2.24. The Bertz CT molecular complexity index is 202. The van der Waals surface area contributed by atoms with Crippen LogP contribution >= 0.6 is 0 Å². The molecule has 1 heterocycles. The number of carbonyl (C=O) groups excluding carboxylic acids is 1. The Kier molecular flexibility index (Phi) is 4.58. The maximum atomic E-state index is 11.5. The van der Waals surface area contributed by atoms with Gasteiger partial charge in [-0.25, -0.2) is 0 Å². The van der Waals surface area contributed by atoms with Crippen molar-refractivity contribution in [1.82, 2.24) is 5.32 Å². The summed E-state index contributed by atoms with van der Waals surface area (Å²) in [6, 6.07) is 0.548. The second-order valence-corrected chi connectivity index (χ2v) is 5.32. The van der Waals surface area contributed by atoms with Gasteiger partial charge in [-0.1, -0.05) is 6.42 Å². The summed E-state index contributed by atoms with van der Waals surface area (Å²) >= 11 is 0. The van der Waals surface area contributed by atoms with E-state index >= 15 is 0 Å². The van der Waals surface area contributed by atoms with Gasteiger partial charge in [0.1, 0.15) is 0 Å². The Morgan fingerprint density at radius 1 is 1.40 bits per heavy atom. The number of carbonyl (C=O) groups is 1. The molecule has 1 aliphatic rings. The third kappa shape index (κ3) is 4.65. The van der Waals surface area contributed by atoms with Crippen molar-refractivity contribution in [3.05, 3.63) is 0 Å². The second kappa shape index (κ2) is 5.50. The summed E-state index contributed by atoms with van der Waals surface area (Å²) < 4.78 is 5.23. The lowest BCUT2D eigenvalue weighted by Crippen LogP contribution is -2.35. The molecular weight excluding hydrogens is 190 g/mol. The summed E-state index contributed by atoms with van der Waals surface area (Å²) in [5, 5.41) is 3.44. The highest BCUT2D eigenvalue weighted by molar-refractivity contribution is 5.75. The van der Waals surface area contributed by atoms with Gasteiger partial charge in [0.15, 0.2) is 0 Å². The fourth-order valence-electron chi connectivity index (χ4n) is 1.68. The van der Waals surface area contributed by atoms with Gasteiger partial charge in [0, 0.05) is 6.04 Å². The van der Waals surface area contributed by atoms with Crippen LogP contribution in [-0.2, 0) is 9.53 Å². The van der Waals surface area contributed by atoms with E-state index < -0.39 is 0 Å². The monoisotopic (exact) mass is 213 g/mol. The molecule has 0 bridgehead atoms. The lowest BCUT2D eigenvalue weighted by atomic mass is 9.97. The van der Waals surface area contributed by atoms with Crippen LogP contribution in [0.3, 0.4) is 0 Å². The first kappa shape index (κ1) is 12.5. The predicted molar refractivity (Wildman–Crippen MR) is 60.7 cm³/mol. The molecule has 15 heavy (non-hydrogen) atoms. The van der Waals surface area contributed by atoms with Gasteiger partial charge in [-0.15, -0.1) is 0 Å². The molecule has 0 saturated carbocycles. The predicted octanol–water partition coefficient (Wildman–Crippen LogP) is 2.11. The van der Waals surface area contributed by atoms with Crippen molar-refractivity contribution in [3.8, 4) is 0 Å². The first-order chi connectivity index (χ1) is 7.00. The summed E-state index contributed by atoms with van der Waals surface area (Å²) in [6.45, 7) is 7.31. The number of nitrogens with one attached hydrogen (secondary N) is 1. The van der Waals surface area contributed by atoms with Crippen molar-refractivity contribution in [3.63, 3.8) is 0 Å². The molecule has 0 spiro atoms. The standard InChI is InChI=1S/C12H23NO2/c1-12(2,3)11(14)15-9-7-10-6-4-5-8-13-10/h10,13H,4-9H2,1-3H3/t10-/m0/s1. The lowest BCUT2D eigenvalue weighted by molar-refractivity contribution is -0.153. The van der Waals surface area contributed by atoms with Crippen LogP contribution in [0.1, 0.15) is 46.5 Å². The number of hydrogen-bond donors (Lipinski definition) is 1. The molecule has 1 fully saturated rings. The largest absolute Gasteiger partial charge is 0.465 e. The molecule has 0 unspecified atom stereocenters. The molecule has 1 saturated heterocycles. The second-order valence-electron chi connectivity index (χ2n) is 5.32. The van der Waals surface area contributed by atoms with Gasteiger partial charge >= 0.3 is 5.97 Å². The van der Waals surface area contributed by atoms with E-state index in [-0.39, 0.29) is 11.4 Å². The van der Waals surface area contributed by atoms with Crippen LogP contribution in [0.5, 0.6) is 0 Å². The molecule has 0 aromatic carbocycles. The van der Waals surface area contributed by atoms with E-state index in [0.717, 1.165) is 13.0 Å². The Labute approximate surface area is 92.6 Å². The molecule has 0 aromatic heterocycles. The molecule has 3 heteroatoms. The highest BCUT2D eigenvalue weighted by Crippen LogP contribution is 2.16. The third-order valence-corrected chi connectivity index (χ3v) is 2.72. The van der Waals surface area contributed by atoms with E-state index in [2.05, 4.69) is 5.32 Å². The van der Waals surface area contributed by atoms with Gasteiger partial charge in [-0.05, 0) is 46.6 Å². The first-order valence-electron chi connectivity index (χ1n) is 5.91. The molecule has 1 aliphatic heterocycles. The Hall–Kier alpha value is -0.570. The molecule has 1 N–H and O–H groups in total. The minimum absolute atomic E-state index is 0.0988. The van der Waals surface area contributed by atoms with E-state index in [1.54, 1.807) is 0 Å². The molecule has 88 valence electrons. The number of esters is 1. The van der Waals surface area contributed by atoms with Crippen molar-refractivity contribution in [2.75, 3.05) is 13.2 Å². The van der Waals surface area contributed by atoms with Gasteiger partial charge < -0.3 is 10.1 Å². The van der Waals surface area contributed by atoms with Gasteiger partial charge in [0.25, 0.3) is 0 Å². The van der Waals surface area contributed by atoms with Crippen molar-refractivity contribution in [2.45, 2.75) is 52.5 Å². The molecule has 0 aliphatic carbocycles. The smallest absolute Gasteiger partial charge is 0.311 e. The zero-order valence-electron chi connectivity index (χ0n) is 10.1. The fraction of sp³-hybridized carbons (Fsp3) is 0.917. The minimum atomic E-state index is -0.375. The SMILES string of the molecule is CC(C)(C)C(=O)OCC[C@@H]1CCCCN1. The van der Waals surface area contributed by atoms with Crippen molar-refractivity contribution >= 4 is 5.97 Å². The summed E-state index contributed by atoms with van der Waals surface area (Å²) in [7, 11) is 0. The zero-order valence-corrected chi connectivity index (χ0v) is 10.1. The molecule has 3 nitrogen and oxygen atoms in total. The summed E-state index contributed by atoms with van der Waals surface area (Å²) in [4.78, 5) is 11.5. The number of piperidine rings is 1. The van der Waals surface area contributed by atoms with E-state index in [1.165, 1.54) is 19.3 Å². The van der Waals surface area contributed by atoms with E-state index in [9.17, 15) is 4.79 Å². The first-order valence-corrected chi connectivity index (χ1v) is 5.91. The van der Waals surface area contributed by atoms with Crippen LogP contribution in [0.15, 0.2) is 0 Å². The maximum Gasteiger partial charge on any atom is 0.311 e. The van der Waals surface area contributed by atoms with Crippen LogP contribution in [0.2, 0.25) is 0 Å². The Morgan fingerprint density at radius 2 is 2.13 bits per heavy atom. The molecular formula is C12H23NO2. The van der Waals surface area contributed by atoms with Crippen LogP contribution in [0.4, 0.5) is 0 Å². The molecule has 0 aromatic rings. The Morgan fingerprint density at radius 3 is 2.67 bits per heavy atom. The highest BCUT2D eigenvalue weighted by atomic mass is 16.5. The van der Waals surface area contributed by atoms with Gasteiger partial charge in [0.05, 0.1) is 12.0 Å². The summed E-state index contributed by atoms with van der Waals surface area (Å²) in [6.07, 6.45) is 4.73. The fourth-order valence-corrected chi connectivity index (χ4v) is 1.68. The average Bonchev–Trinajstić information content (AvgIpc) is 2.18. The van der Waals surface area contributed by atoms with Crippen LogP contribution in [-0.4, -0.2) is 25.2 Å². The quantitative estimate of drug-likeness (QED) is 0.730. The Balaban J connectivity index is 2.12. The maximum absolute atomic E-state index is 11.5. The van der Waals surface area contributed by atoms with E-state index in [4.69, 9.17) is 4.74 Å². The minimum Gasteiger partial charge on any atom is -0.465 e. The van der Waals surface area contributed by atoms with Gasteiger partial charge in [-0.3, -0.25) is 4.79 Å². The van der Waals surface area contributed by atoms with Crippen LogP contribution < -0.4 is 5.32 Å². The number of rotatable bonds is 3. The number of ether oxygens (including phenoxy) is 1. The molecule has 0 amide bonds. The molecule has 1 rings (SSSR count). The van der Waals surface area contributed by atoms with E-state index in [0.29, 0.717) is 12.6 Å². The average molecular weight is 213 g/mol. The molecule has 1 atom stereocenters. The molecule has 0 radical (unpaired) electrons. The van der Waals surface area contributed by atoms with Crippen LogP contribution in [0.25, 0.3) is 0 Å². The van der Waals surface area contributed by atoms with Crippen molar-refractivity contribution in [1.29, 1.82) is 0 Å². The van der Waals surface area contributed by atoms with Crippen LogP contribution in [0, 0.1) is 5.41 Å². The van der Waals surface area contributed by atoms with Crippen molar-refractivity contribution in [2.24, 2.45) is 5.41 Å². The topological polar surface area (TPSA) is 38.3 Å². The third-order valence-electron chi connectivity index (χ3n) is 2.72. The van der Waals surface area contributed by atoms with Crippen molar-refractivity contribution < 1.29 is 9.53 Å².